The van der Waals surface area contributed by atoms with Gasteiger partial charge in [0.25, 0.3) is 0 Å². The summed E-state index contributed by atoms with van der Waals surface area (Å²) in [4.78, 5) is 6.47. The molecule has 0 saturated carbocycles. The summed E-state index contributed by atoms with van der Waals surface area (Å²) in [5, 5.41) is 9.04. The zero-order chi connectivity index (χ0) is 11.3. The van der Waals surface area contributed by atoms with Gasteiger partial charge in [0, 0.05) is 13.1 Å². The standard InChI is InChI=1S/C11H23N3O.HI/c1-3-10(8-15)13-11(12)14-6-4-5-9(2)7-14;/h9-10,15H,3-8H2,1-2H3,(H2,12,13);1H/t9?,10-;/m1./s1. The van der Waals surface area contributed by atoms with Gasteiger partial charge in [0.05, 0.1) is 12.6 Å². The summed E-state index contributed by atoms with van der Waals surface area (Å²) >= 11 is 0. The maximum absolute atomic E-state index is 9.04. The first-order valence-corrected chi connectivity index (χ1v) is 5.86. The molecule has 0 spiro atoms. The molecule has 4 nitrogen and oxygen atoms in total. The molecule has 5 heteroatoms. The van der Waals surface area contributed by atoms with Crippen LogP contribution in [0, 0.1) is 5.92 Å². The molecular weight excluding hydrogens is 317 g/mol. The molecule has 0 radical (unpaired) electrons. The van der Waals surface area contributed by atoms with Crippen molar-refractivity contribution in [2.45, 2.75) is 39.2 Å². The fraction of sp³-hybridized carbons (Fsp3) is 0.909. The third-order valence-corrected chi connectivity index (χ3v) is 2.98. The lowest BCUT2D eigenvalue weighted by atomic mass is 10.0. The second kappa shape index (κ2) is 8.11. The third-order valence-electron chi connectivity index (χ3n) is 2.98. The average Bonchev–Trinajstić information content (AvgIpc) is 2.25. The Kier molecular flexibility index (Phi) is 8.09. The molecule has 96 valence electrons. The number of guanidine groups is 1. The summed E-state index contributed by atoms with van der Waals surface area (Å²) in [5.74, 6) is 1.30. The normalized spacial score (nSPS) is 23.8. The fourth-order valence-corrected chi connectivity index (χ4v) is 1.93. The Labute approximate surface area is 115 Å². The van der Waals surface area contributed by atoms with Gasteiger partial charge in [-0.25, -0.2) is 4.99 Å². The number of aliphatic hydroxyl groups is 1. The lowest BCUT2D eigenvalue weighted by Gasteiger charge is -2.32. The third kappa shape index (κ3) is 4.86. The molecule has 16 heavy (non-hydrogen) atoms. The Morgan fingerprint density at radius 3 is 2.81 bits per heavy atom. The van der Waals surface area contributed by atoms with Crippen molar-refractivity contribution in [2.75, 3.05) is 19.7 Å². The first kappa shape index (κ1) is 16.0. The van der Waals surface area contributed by atoms with Crippen molar-refractivity contribution in [3.8, 4) is 0 Å². The molecule has 1 saturated heterocycles. The van der Waals surface area contributed by atoms with Crippen LogP contribution in [0.4, 0.5) is 0 Å². The second-order valence-corrected chi connectivity index (χ2v) is 4.43. The zero-order valence-electron chi connectivity index (χ0n) is 10.2. The van der Waals surface area contributed by atoms with Crippen molar-refractivity contribution in [1.29, 1.82) is 0 Å². The SMILES string of the molecule is CC[C@H](CO)N=C(N)N1CCCC(C)C1.I. The molecule has 0 aromatic rings. The molecule has 0 aromatic heterocycles. The molecule has 3 N–H and O–H groups in total. The van der Waals surface area contributed by atoms with Crippen LogP contribution >= 0.6 is 24.0 Å². The van der Waals surface area contributed by atoms with Crippen molar-refractivity contribution in [2.24, 2.45) is 16.6 Å². The Morgan fingerprint density at radius 2 is 2.31 bits per heavy atom. The zero-order valence-corrected chi connectivity index (χ0v) is 12.6. The highest BCUT2D eigenvalue weighted by atomic mass is 127. The number of aliphatic imine (C=N–C) groups is 1. The van der Waals surface area contributed by atoms with Crippen LogP contribution in [0.5, 0.6) is 0 Å². The van der Waals surface area contributed by atoms with Crippen LogP contribution in [0.25, 0.3) is 0 Å². The van der Waals surface area contributed by atoms with E-state index in [0.29, 0.717) is 11.9 Å². The van der Waals surface area contributed by atoms with Crippen LogP contribution < -0.4 is 5.73 Å². The average molecular weight is 341 g/mol. The van der Waals surface area contributed by atoms with E-state index in [0.717, 1.165) is 19.5 Å². The number of hydrogen-bond donors (Lipinski definition) is 2. The predicted molar refractivity (Wildman–Crippen MR) is 78.2 cm³/mol. The van der Waals surface area contributed by atoms with E-state index < -0.39 is 0 Å². The maximum atomic E-state index is 9.04. The smallest absolute Gasteiger partial charge is 0.191 e. The number of aliphatic hydroxyl groups excluding tert-OH is 1. The largest absolute Gasteiger partial charge is 0.394 e. The van der Waals surface area contributed by atoms with E-state index in [2.05, 4.69) is 16.8 Å². The van der Waals surface area contributed by atoms with Gasteiger partial charge in [-0.15, -0.1) is 24.0 Å². The number of hydrogen-bond acceptors (Lipinski definition) is 2. The first-order chi connectivity index (χ1) is 7.17. The number of rotatable bonds is 3. The minimum atomic E-state index is -0.0396. The number of likely N-dealkylation sites (tertiary alicyclic amines) is 1. The topological polar surface area (TPSA) is 61.9 Å². The van der Waals surface area contributed by atoms with E-state index in [1.165, 1.54) is 12.8 Å². The molecule has 1 rings (SSSR count). The minimum absolute atomic E-state index is 0. The molecule has 0 aliphatic carbocycles. The molecular formula is C11H24IN3O. The van der Waals surface area contributed by atoms with E-state index in [-0.39, 0.29) is 36.6 Å². The summed E-state index contributed by atoms with van der Waals surface area (Å²) in [6, 6.07) is -0.0396. The van der Waals surface area contributed by atoms with Crippen molar-refractivity contribution in [3.05, 3.63) is 0 Å². The summed E-state index contributed by atoms with van der Waals surface area (Å²) in [5.41, 5.74) is 5.93. The summed E-state index contributed by atoms with van der Waals surface area (Å²) in [6.07, 6.45) is 3.30. The van der Waals surface area contributed by atoms with E-state index in [1.807, 2.05) is 6.92 Å². The molecule has 0 aromatic carbocycles. The highest BCUT2D eigenvalue weighted by Crippen LogP contribution is 2.15. The van der Waals surface area contributed by atoms with Gasteiger partial charge in [0.1, 0.15) is 0 Å². The monoisotopic (exact) mass is 341 g/mol. The van der Waals surface area contributed by atoms with Crippen LogP contribution in [0.2, 0.25) is 0 Å². The van der Waals surface area contributed by atoms with Gasteiger partial charge in [-0.1, -0.05) is 13.8 Å². The molecule has 1 fully saturated rings. The van der Waals surface area contributed by atoms with E-state index >= 15 is 0 Å². The fourth-order valence-electron chi connectivity index (χ4n) is 1.93. The first-order valence-electron chi connectivity index (χ1n) is 5.86. The molecule has 1 aliphatic rings. The van der Waals surface area contributed by atoms with Crippen LogP contribution in [0.3, 0.4) is 0 Å². The van der Waals surface area contributed by atoms with Crippen molar-refractivity contribution in [1.82, 2.24) is 4.90 Å². The van der Waals surface area contributed by atoms with Crippen LogP contribution in [-0.2, 0) is 0 Å². The molecule has 1 aliphatic heterocycles. The van der Waals surface area contributed by atoms with Crippen LogP contribution in [-0.4, -0.2) is 41.7 Å². The lowest BCUT2D eigenvalue weighted by Crippen LogP contribution is -2.44. The maximum Gasteiger partial charge on any atom is 0.191 e. The van der Waals surface area contributed by atoms with E-state index in [4.69, 9.17) is 10.8 Å². The van der Waals surface area contributed by atoms with Gasteiger partial charge in [0.2, 0.25) is 0 Å². The Balaban J connectivity index is 0.00000225. The number of piperidine rings is 1. The van der Waals surface area contributed by atoms with Gasteiger partial charge in [-0.05, 0) is 25.2 Å². The van der Waals surface area contributed by atoms with Crippen molar-refractivity contribution in [3.63, 3.8) is 0 Å². The summed E-state index contributed by atoms with van der Waals surface area (Å²) in [7, 11) is 0. The van der Waals surface area contributed by atoms with Crippen molar-refractivity contribution < 1.29 is 5.11 Å². The number of halogens is 1. The van der Waals surface area contributed by atoms with Gasteiger partial charge in [0.15, 0.2) is 5.96 Å². The predicted octanol–water partition coefficient (Wildman–Crippen LogP) is 1.42. The Morgan fingerprint density at radius 1 is 1.62 bits per heavy atom. The van der Waals surface area contributed by atoms with Gasteiger partial charge in [-0.3, -0.25) is 0 Å². The van der Waals surface area contributed by atoms with Crippen LogP contribution in [0.1, 0.15) is 33.1 Å². The van der Waals surface area contributed by atoms with E-state index in [9.17, 15) is 0 Å². The van der Waals surface area contributed by atoms with Gasteiger partial charge >= 0.3 is 0 Å². The summed E-state index contributed by atoms with van der Waals surface area (Å²) < 4.78 is 0. The highest BCUT2D eigenvalue weighted by Gasteiger charge is 2.18. The highest BCUT2D eigenvalue weighted by molar-refractivity contribution is 14.0. The Bertz CT molecular complexity index is 219. The molecule has 2 atom stereocenters. The minimum Gasteiger partial charge on any atom is -0.394 e. The number of nitrogens with two attached hydrogens (primary N) is 1. The van der Waals surface area contributed by atoms with E-state index in [1.54, 1.807) is 0 Å². The molecule has 1 heterocycles. The molecule has 1 unspecified atom stereocenters. The Hall–Kier alpha value is -0.0400. The quantitative estimate of drug-likeness (QED) is 0.464. The second-order valence-electron chi connectivity index (χ2n) is 4.43. The van der Waals surface area contributed by atoms with Crippen LogP contribution in [0.15, 0.2) is 4.99 Å². The molecule has 0 amide bonds. The summed E-state index contributed by atoms with van der Waals surface area (Å²) in [6.45, 7) is 6.33. The number of nitrogens with zero attached hydrogens (tertiary/aromatic N) is 2. The lowest BCUT2D eigenvalue weighted by molar-refractivity contribution is 0.253. The molecule has 0 bridgehead atoms. The van der Waals surface area contributed by atoms with Gasteiger partial charge in [-0.2, -0.15) is 0 Å². The van der Waals surface area contributed by atoms with Gasteiger partial charge < -0.3 is 15.7 Å². The van der Waals surface area contributed by atoms with Crippen molar-refractivity contribution >= 4 is 29.9 Å².